The summed E-state index contributed by atoms with van der Waals surface area (Å²) >= 11 is 0. The molecular weight excluding hydrogens is 214 g/mol. The Balaban J connectivity index is 2.60. The first-order valence-corrected chi connectivity index (χ1v) is 6.88. The first-order valence-electron chi connectivity index (χ1n) is 6.88. The Morgan fingerprint density at radius 1 is 1.41 bits per heavy atom. The number of nitrogens with one attached hydrogen (secondary N) is 1. The first-order chi connectivity index (χ1) is 8.20. The molecule has 1 aliphatic carbocycles. The molecular formula is C13H27N3O. The molecule has 0 aromatic heterocycles. The smallest absolute Gasteiger partial charge is 0.236 e. The number of hydrogen-bond acceptors (Lipinski definition) is 3. The van der Waals surface area contributed by atoms with Gasteiger partial charge in [0.05, 0.1) is 6.04 Å². The Hall–Kier alpha value is -0.610. The van der Waals surface area contributed by atoms with Crippen LogP contribution in [0, 0.1) is 0 Å². The second-order valence-electron chi connectivity index (χ2n) is 4.96. The highest BCUT2D eigenvalue weighted by Crippen LogP contribution is 2.24. The van der Waals surface area contributed by atoms with Gasteiger partial charge in [0.25, 0.3) is 0 Å². The molecule has 0 bridgehead atoms. The lowest BCUT2D eigenvalue weighted by molar-refractivity contribution is -0.126. The third-order valence-electron chi connectivity index (χ3n) is 3.79. The summed E-state index contributed by atoms with van der Waals surface area (Å²) in [6.07, 6.45) is 7.36. The molecule has 1 unspecified atom stereocenters. The van der Waals surface area contributed by atoms with Crippen molar-refractivity contribution in [3.63, 3.8) is 0 Å². The maximum absolute atomic E-state index is 11.8. The van der Waals surface area contributed by atoms with E-state index in [9.17, 15) is 4.79 Å². The van der Waals surface area contributed by atoms with Crippen LogP contribution in [0.25, 0.3) is 0 Å². The predicted molar refractivity (Wildman–Crippen MR) is 70.8 cm³/mol. The molecule has 1 saturated carbocycles. The van der Waals surface area contributed by atoms with Gasteiger partial charge in [0.2, 0.25) is 5.91 Å². The zero-order valence-electron chi connectivity index (χ0n) is 11.2. The highest BCUT2D eigenvalue weighted by Gasteiger charge is 2.27. The van der Waals surface area contributed by atoms with E-state index in [2.05, 4.69) is 10.2 Å². The van der Waals surface area contributed by atoms with Gasteiger partial charge < -0.3 is 11.1 Å². The summed E-state index contributed by atoms with van der Waals surface area (Å²) in [6.45, 7) is 3.64. The summed E-state index contributed by atoms with van der Waals surface area (Å²) in [7, 11) is 1.71. The second kappa shape index (κ2) is 7.67. The molecule has 1 atom stereocenters. The van der Waals surface area contributed by atoms with Crippen molar-refractivity contribution >= 4 is 5.91 Å². The summed E-state index contributed by atoms with van der Waals surface area (Å²) in [4.78, 5) is 14.1. The Bertz CT molecular complexity index is 227. The van der Waals surface area contributed by atoms with Crippen molar-refractivity contribution in [1.29, 1.82) is 0 Å². The van der Waals surface area contributed by atoms with Crippen LogP contribution in [0.15, 0.2) is 0 Å². The topological polar surface area (TPSA) is 58.4 Å². The summed E-state index contributed by atoms with van der Waals surface area (Å²) < 4.78 is 0. The van der Waals surface area contributed by atoms with Gasteiger partial charge in [-0.15, -0.1) is 0 Å². The van der Waals surface area contributed by atoms with E-state index in [4.69, 9.17) is 5.73 Å². The fraction of sp³-hybridized carbons (Fsp3) is 0.923. The Morgan fingerprint density at radius 2 is 2.06 bits per heavy atom. The Labute approximate surface area is 105 Å². The van der Waals surface area contributed by atoms with Crippen molar-refractivity contribution in [2.45, 2.75) is 57.5 Å². The van der Waals surface area contributed by atoms with Gasteiger partial charge in [-0.3, -0.25) is 9.69 Å². The highest BCUT2D eigenvalue weighted by molar-refractivity contribution is 5.81. The van der Waals surface area contributed by atoms with Crippen molar-refractivity contribution < 1.29 is 4.79 Å². The van der Waals surface area contributed by atoms with Crippen LogP contribution in [0.2, 0.25) is 0 Å². The van der Waals surface area contributed by atoms with Gasteiger partial charge in [0.1, 0.15) is 0 Å². The van der Waals surface area contributed by atoms with Crippen LogP contribution in [0.1, 0.15) is 45.4 Å². The molecule has 1 amide bonds. The highest BCUT2D eigenvalue weighted by atomic mass is 16.2. The monoisotopic (exact) mass is 241 g/mol. The molecule has 0 aromatic rings. The number of amides is 1. The normalized spacial score (nSPS) is 19.3. The SMILES string of the molecule is CNC(=O)C(C)N(CCCN)C1CCCCC1. The molecule has 4 nitrogen and oxygen atoms in total. The van der Waals surface area contributed by atoms with Gasteiger partial charge in [-0.05, 0) is 32.7 Å². The zero-order chi connectivity index (χ0) is 12.7. The van der Waals surface area contributed by atoms with Crippen LogP contribution in [0.4, 0.5) is 0 Å². The lowest BCUT2D eigenvalue weighted by Gasteiger charge is -2.37. The largest absolute Gasteiger partial charge is 0.358 e. The zero-order valence-corrected chi connectivity index (χ0v) is 11.2. The number of hydrogen-bond donors (Lipinski definition) is 2. The van der Waals surface area contributed by atoms with Gasteiger partial charge in [-0.25, -0.2) is 0 Å². The fourth-order valence-corrected chi connectivity index (χ4v) is 2.74. The van der Waals surface area contributed by atoms with Gasteiger partial charge in [0, 0.05) is 19.6 Å². The minimum Gasteiger partial charge on any atom is -0.358 e. The third-order valence-corrected chi connectivity index (χ3v) is 3.79. The quantitative estimate of drug-likeness (QED) is 0.732. The molecule has 0 heterocycles. The molecule has 1 rings (SSSR count). The van der Waals surface area contributed by atoms with Crippen molar-refractivity contribution in [3.05, 3.63) is 0 Å². The number of rotatable bonds is 6. The van der Waals surface area contributed by atoms with E-state index in [1.807, 2.05) is 6.92 Å². The minimum absolute atomic E-state index is 0.0327. The summed E-state index contributed by atoms with van der Waals surface area (Å²) in [5, 5.41) is 2.75. The standard InChI is InChI=1S/C13H27N3O/c1-11(13(17)15-2)16(10-6-9-14)12-7-4-3-5-8-12/h11-12H,3-10,14H2,1-2H3,(H,15,17). The maximum atomic E-state index is 11.8. The van der Waals surface area contributed by atoms with E-state index in [1.165, 1.54) is 32.1 Å². The van der Waals surface area contributed by atoms with Gasteiger partial charge >= 0.3 is 0 Å². The predicted octanol–water partition coefficient (Wildman–Crippen LogP) is 1.10. The molecule has 100 valence electrons. The van der Waals surface area contributed by atoms with Crippen LogP contribution in [-0.2, 0) is 4.79 Å². The third kappa shape index (κ3) is 4.28. The van der Waals surface area contributed by atoms with E-state index >= 15 is 0 Å². The average molecular weight is 241 g/mol. The molecule has 0 spiro atoms. The summed E-state index contributed by atoms with van der Waals surface area (Å²) in [6, 6.07) is 0.539. The maximum Gasteiger partial charge on any atom is 0.236 e. The summed E-state index contributed by atoms with van der Waals surface area (Å²) in [5.74, 6) is 0.118. The van der Waals surface area contributed by atoms with Crippen LogP contribution in [-0.4, -0.2) is 43.0 Å². The van der Waals surface area contributed by atoms with Crippen molar-refractivity contribution in [2.24, 2.45) is 5.73 Å². The Morgan fingerprint density at radius 3 is 2.59 bits per heavy atom. The van der Waals surface area contributed by atoms with Crippen molar-refractivity contribution in [3.8, 4) is 0 Å². The molecule has 0 saturated heterocycles. The number of likely N-dealkylation sites (N-methyl/N-ethyl adjacent to an activating group) is 1. The van der Waals surface area contributed by atoms with Crippen LogP contribution in [0.3, 0.4) is 0 Å². The fourth-order valence-electron chi connectivity index (χ4n) is 2.74. The molecule has 0 aromatic carbocycles. The second-order valence-corrected chi connectivity index (χ2v) is 4.96. The number of carbonyl (C=O) groups excluding carboxylic acids is 1. The molecule has 0 aliphatic heterocycles. The average Bonchev–Trinajstić information content (AvgIpc) is 2.39. The van der Waals surface area contributed by atoms with Gasteiger partial charge in [-0.2, -0.15) is 0 Å². The minimum atomic E-state index is -0.0327. The van der Waals surface area contributed by atoms with Gasteiger partial charge in [0.15, 0.2) is 0 Å². The first kappa shape index (κ1) is 14.5. The van der Waals surface area contributed by atoms with E-state index in [1.54, 1.807) is 7.05 Å². The van der Waals surface area contributed by atoms with E-state index in [0.717, 1.165) is 13.0 Å². The van der Waals surface area contributed by atoms with Crippen LogP contribution >= 0.6 is 0 Å². The molecule has 17 heavy (non-hydrogen) atoms. The van der Waals surface area contributed by atoms with Crippen LogP contribution in [0.5, 0.6) is 0 Å². The van der Waals surface area contributed by atoms with Crippen molar-refractivity contribution in [1.82, 2.24) is 10.2 Å². The molecule has 0 radical (unpaired) electrons. The lowest BCUT2D eigenvalue weighted by Crippen LogP contribution is -2.50. The lowest BCUT2D eigenvalue weighted by atomic mass is 9.93. The van der Waals surface area contributed by atoms with E-state index in [-0.39, 0.29) is 11.9 Å². The van der Waals surface area contributed by atoms with E-state index in [0.29, 0.717) is 12.6 Å². The number of nitrogens with zero attached hydrogens (tertiary/aromatic N) is 1. The van der Waals surface area contributed by atoms with E-state index < -0.39 is 0 Å². The summed E-state index contributed by atoms with van der Waals surface area (Å²) in [5.41, 5.74) is 5.59. The molecule has 3 N–H and O–H groups in total. The van der Waals surface area contributed by atoms with Crippen LogP contribution < -0.4 is 11.1 Å². The van der Waals surface area contributed by atoms with Gasteiger partial charge in [-0.1, -0.05) is 19.3 Å². The number of nitrogens with two attached hydrogens (primary N) is 1. The Kier molecular flexibility index (Phi) is 6.52. The molecule has 1 fully saturated rings. The van der Waals surface area contributed by atoms with Crippen molar-refractivity contribution in [2.75, 3.05) is 20.1 Å². The molecule has 1 aliphatic rings. The molecule has 4 heteroatoms. The number of carbonyl (C=O) groups is 1.